The minimum Gasteiger partial charge on any atom is -0.305 e. The molecule has 23 heavy (non-hydrogen) atoms. The van der Waals surface area contributed by atoms with Gasteiger partial charge in [-0.15, -0.1) is 17.8 Å². The Morgan fingerprint density at radius 3 is 3.04 bits per heavy atom. The summed E-state index contributed by atoms with van der Waals surface area (Å²) >= 11 is 2.77. The molecule has 1 amide bonds. The number of hydrogen-bond donors (Lipinski definition) is 0. The van der Waals surface area contributed by atoms with Crippen molar-refractivity contribution < 1.29 is 9.18 Å². The fraction of sp³-hybridized carbons (Fsp3) is 0.0588. The van der Waals surface area contributed by atoms with E-state index in [1.165, 1.54) is 40.9 Å². The third-order valence-corrected chi connectivity index (χ3v) is 4.91. The van der Waals surface area contributed by atoms with Crippen molar-refractivity contribution in [3.63, 3.8) is 0 Å². The van der Waals surface area contributed by atoms with Crippen molar-refractivity contribution >= 4 is 44.9 Å². The largest absolute Gasteiger partial charge is 0.305 e. The third kappa shape index (κ3) is 3.47. The molecule has 0 atom stereocenters. The zero-order chi connectivity index (χ0) is 16.2. The van der Waals surface area contributed by atoms with Crippen LogP contribution in [0.3, 0.4) is 0 Å². The summed E-state index contributed by atoms with van der Waals surface area (Å²) in [5.41, 5.74) is 0.767. The van der Waals surface area contributed by atoms with E-state index in [4.69, 9.17) is 6.42 Å². The predicted molar refractivity (Wildman–Crippen MR) is 92.5 cm³/mol. The Bertz CT molecular complexity index is 988. The Morgan fingerprint density at radius 1 is 1.43 bits per heavy atom. The molecule has 0 bridgehead atoms. The van der Waals surface area contributed by atoms with E-state index in [-0.39, 0.29) is 18.3 Å². The fourth-order valence-electron chi connectivity index (χ4n) is 2.05. The van der Waals surface area contributed by atoms with Gasteiger partial charge in [0.15, 0.2) is 4.80 Å². The van der Waals surface area contributed by atoms with Gasteiger partial charge in [0.05, 0.1) is 16.8 Å². The van der Waals surface area contributed by atoms with E-state index < -0.39 is 0 Å². The summed E-state index contributed by atoms with van der Waals surface area (Å²) in [7, 11) is 0. The molecule has 0 aliphatic carbocycles. The van der Waals surface area contributed by atoms with Crippen LogP contribution in [0.5, 0.6) is 0 Å². The summed E-state index contributed by atoms with van der Waals surface area (Å²) in [6, 6.07) is 8.24. The molecule has 2 aromatic heterocycles. The first kappa shape index (κ1) is 15.4. The summed E-state index contributed by atoms with van der Waals surface area (Å²) in [6.45, 7) is 0.270. The molecule has 0 saturated carbocycles. The molecule has 0 unspecified atom stereocenters. The second-order valence-electron chi connectivity index (χ2n) is 4.59. The predicted octanol–water partition coefficient (Wildman–Crippen LogP) is 3.68. The second kappa shape index (κ2) is 6.73. The van der Waals surface area contributed by atoms with Crippen molar-refractivity contribution in [1.29, 1.82) is 0 Å². The van der Waals surface area contributed by atoms with Gasteiger partial charge in [-0.1, -0.05) is 23.3 Å². The third-order valence-electron chi connectivity index (χ3n) is 3.03. The number of halogens is 1. The van der Waals surface area contributed by atoms with Crippen LogP contribution in [-0.4, -0.2) is 10.5 Å². The molecule has 6 heteroatoms. The maximum atomic E-state index is 13.4. The number of benzene rings is 1. The number of rotatable bonds is 3. The number of carbonyl (C=O) groups is 1. The number of thiazole rings is 1. The lowest BCUT2D eigenvalue weighted by Gasteiger charge is -1.98. The fourth-order valence-corrected chi connectivity index (χ4v) is 3.73. The number of carbonyl (C=O) groups excluding carboxylic acids is 1. The van der Waals surface area contributed by atoms with Gasteiger partial charge in [0.2, 0.25) is 0 Å². The summed E-state index contributed by atoms with van der Waals surface area (Å²) < 4.78 is 15.8. The number of amides is 1. The van der Waals surface area contributed by atoms with E-state index in [0.29, 0.717) is 9.50 Å². The zero-order valence-corrected chi connectivity index (χ0v) is 13.5. The van der Waals surface area contributed by atoms with Crippen molar-refractivity contribution in [1.82, 2.24) is 4.57 Å². The van der Waals surface area contributed by atoms with Gasteiger partial charge >= 0.3 is 0 Å². The van der Waals surface area contributed by atoms with Crippen LogP contribution in [-0.2, 0) is 11.3 Å². The van der Waals surface area contributed by atoms with Gasteiger partial charge in [-0.05, 0) is 35.7 Å². The highest BCUT2D eigenvalue weighted by atomic mass is 32.1. The average Bonchev–Trinajstić information content (AvgIpc) is 3.14. The van der Waals surface area contributed by atoms with Gasteiger partial charge in [0.1, 0.15) is 5.82 Å². The number of hydrogen-bond acceptors (Lipinski definition) is 3. The first-order valence-corrected chi connectivity index (χ1v) is 8.39. The molecule has 2 heterocycles. The van der Waals surface area contributed by atoms with Crippen molar-refractivity contribution in [3.05, 3.63) is 57.3 Å². The Balaban J connectivity index is 2.02. The molecule has 0 fully saturated rings. The van der Waals surface area contributed by atoms with Crippen LogP contribution >= 0.6 is 22.7 Å². The number of fused-ring (bicyclic) bond motifs is 1. The Kier molecular flexibility index (Phi) is 4.51. The lowest BCUT2D eigenvalue weighted by molar-refractivity contribution is -0.113. The van der Waals surface area contributed by atoms with E-state index in [1.807, 2.05) is 17.5 Å². The average molecular weight is 342 g/mol. The van der Waals surface area contributed by atoms with Crippen molar-refractivity contribution in [2.45, 2.75) is 6.54 Å². The molecular formula is C17H11FN2OS2. The standard InChI is InChI=1S/C17H11FN2OS2/c1-2-9-20-14-7-5-12(18)11-15(14)23-17(20)19-16(21)8-6-13-4-3-10-22-13/h1,3-8,10-11H,9H2. The minimum atomic E-state index is -0.379. The van der Waals surface area contributed by atoms with Crippen LogP contribution in [0.15, 0.2) is 46.8 Å². The topological polar surface area (TPSA) is 34.4 Å². The molecule has 0 aliphatic rings. The molecule has 0 aliphatic heterocycles. The van der Waals surface area contributed by atoms with Gasteiger partial charge in [-0.2, -0.15) is 4.99 Å². The van der Waals surface area contributed by atoms with E-state index in [9.17, 15) is 9.18 Å². The summed E-state index contributed by atoms with van der Waals surface area (Å²) in [5.74, 6) is 1.82. The van der Waals surface area contributed by atoms with E-state index >= 15 is 0 Å². The molecule has 0 spiro atoms. The summed E-state index contributed by atoms with van der Waals surface area (Å²) in [5, 5.41) is 1.93. The number of nitrogens with zero attached hydrogens (tertiary/aromatic N) is 2. The maximum Gasteiger partial charge on any atom is 0.272 e. The highest BCUT2D eigenvalue weighted by Crippen LogP contribution is 2.18. The van der Waals surface area contributed by atoms with Gasteiger partial charge in [0, 0.05) is 11.0 Å². The monoisotopic (exact) mass is 342 g/mol. The first-order chi connectivity index (χ1) is 11.2. The van der Waals surface area contributed by atoms with Crippen LogP contribution in [0.4, 0.5) is 4.39 Å². The Labute approximate surface area is 140 Å². The second-order valence-corrected chi connectivity index (χ2v) is 6.57. The molecular weight excluding hydrogens is 331 g/mol. The van der Waals surface area contributed by atoms with E-state index in [0.717, 1.165) is 10.4 Å². The molecule has 3 aromatic rings. The first-order valence-electron chi connectivity index (χ1n) is 6.70. The molecule has 1 aromatic carbocycles. The molecule has 0 radical (unpaired) electrons. The van der Waals surface area contributed by atoms with E-state index in [1.54, 1.807) is 16.7 Å². The summed E-state index contributed by atoms with van der Waals surface area (Å²) in [6.07, 6.45) is 8.51. The lowest BCUT2D eigenvalue weighted by atomic mass is 10.3. The van der Waals surface area contributed by atoms with Gasteiger partial charge in [-0.25, -0.2) is 4.39 Å². The molecule has 3 nitrogen and oxygen atoms in total. The van der Waals surface area contributed by atoms with Crippen molar-refractivity contribution in [2.24, 2.45) is 4.99 Å². The maximum absolute atomic E-state index is 13.4. The Morgan fingerprint density at radius 2 is 2.30 bits per heavy atom. The SMILES string of the molecule is C#CCn1c(=NC(=O)C=Cc2cccs2)sc2cc(F)ccc21. The minimum absolute atomic E-state index is 0.270. The molecule has 0 saturated heterocycles. The number of aromatic nitrogens is 1. The molecule has 3 rings (SSSR count). The normalized spacial score (nSPS) is 12.1. The van der Waals surface area contributed by atoms with Crippen LogP contribution < -0.4 is 4.80 Å². The van der Waals surface area contributed by atoms with Crippen LogP contribution in [0, 0.1) is 18.2 Å². The smallest absolute Gasteiger partial charge is 0.272 e. The van der Waals surface area contributed by atoms with Gasteiger partial charge in [0.25, 0.3) is 5.91 Å². The highest BCUT2D eigenvalue weighted by molar-refractivity contribution is 7.16. The Hall–Kier alpha value is -2.49. The van der Waals surface area contributed by atoms with Crippen LogP contribution in [0.2, 0.25) is 0 Å². The quantitative estimate of drug-likeness (QED) is 0.528. The lowest BCUT2D eigenvalue weighted by Crippen LogP contribution is -2.15. The highest BCUT2D eigenvalue weighted by Gasteiger charge is 2.07. The van der Waals surface area contributed by atoms with Crippen molar-refractivity contribution in [2.75, 3.05) is 0 Å². The number of terminal acetylenes is 1. The zero-order valence-electron chi connectivity index (χ0n) is 11.9. The van der Waals surface area contributed by atoms with Crippen LogP contribution in [0.1, 0.15) is 4.88 Å². The van der Waals surface area contributed by atoms with Crippen LogP contribution in [0.25, 0.3) is 16.3 Å². The van der Waals surface area contributed by atoms with Crippen molar-refractivity contribution in [3.8, 4) is 12.3 Å². The van der Waals surface area contributed by atoms with Gasteiger partial charge in [-0.3, -0.25) is 4.79 Å². The summed E-state index contributed by atoms with van der Waals surface area (Å²) in [4.78, 5) is 17.6. The van der Waals surface area contributed by atoms with E-state index in [2.05, 4.69) is 10.9 Å². The number of thiophene rings is 1. The molecule has 0 N–H and O–H groups in total. The molecule has 114 valence electrons. The van der Waals surface area contributed by atoms with Gasteiger partial charge < -0.3 is 4.57 Å².